The van der Waals surface area contributed by atoms with Crippen LogP contribution in [0.25, 0.3) is 6.08 Å². The third-order valence-corrected chi connectivity index (χ3v) is 4.98. The van der Waals surface area contributed by atoms with Gasteiger partial charge in [0.25, 0.3) is 0 Å². The van der Waals surface area contributed by atoms with Crippen molar-refractivity contribution in [2.24, 2.45) is 0 Å². The van der Waals surface area contributed by atoms with Gasteiger partial charge >= 0.3 is 5.97 Å². The molecular weight excluding hydrogens is 340 g/mol. The van der Waals surface area contributed by atoms with Crippen molar-refractivity contribution in [1.82, 2.24) is 0 Å². The molecule has 0 bridgehead atoms. The maximum absolute atomic E-state index is 11.1. The van der Waals surface area contributed by atoms with E-state index in [-0.39, 0.29) is 0 Å². The van der Waals surface area contributed by atoms with E-state index in [0.29, 0.717) is 5.56 Å². The first-order chi connectivity index (χ1) is 11.7. The first kappa shape index (κ1) is 18.6. The molecule has 0 heterocycles. The summed E-state index contributed by atoms with van der Waals surface area (Å²) in [5.41, 5.74) is 1.56. The second-order valence-corrected chi connectivity index (χ2v) is 7.03. The average Bonchev–Trinajstić information content (AvgIpc) is 2.59. The van der Waals surface area contributed by atoms with Crippen LogP contribution in [-0.2, 0) is 0 Å². The Kier molecular flexibility index (Phi) is 7.93. The zero-order valence-electron chi connectivity index (χ0n) is 13.5. The fourth-order valence-electron chi connectivity index (χ4n) is 2.29. The minimum absolute atomic E-state index is 0.397. The highest BCUT2D eigenvalue weighted by Gasteiger charge is 2.08. The Morgan fingerprint density at radius 2 is 1.79 bits per heavy atom. The predicted molar refractivity (Wildman–Crippen MR) is 103 cm³/mol. The molecule has 1 N–H and O–H groups in total. The first-order valence-electron chi connectivity index (χ1n) is 8.04. The highest BCUT2D eigenvalue weighted by atomic mass is 35.5. The van der Waals surface area contributed by atoms with Crippen LogP contribution in [0.1, 0.15) is 41.6 Å². The zero-order valence-corrected chi connectivity index (χ0v) is 15.0. The maximum atomic E-state index is 11.1. The summed E-state index contributed by atoms with van der Waals surface area (Å²) >= 11 is 7.48. The number of unbranched alkanes of at least 4 members (excludes halogenated alkanes) is 3. The molecule has 2 nitrogen and oxygen atoms in total. The fourth-order valence-corrected chi connectivity index (χ4v) is 3.47. The fraction of sp³-hybridized carbons (Fsp3) is 0.250. The summed E-state index contributed by atoms with van der Waals surface area (Å²) in [6.45, 7) is 0. The Balaban J connectivity index is 1.62. The van der Waals surface area contributed by atoms with Gasteiger partial charge in [-0.15, -0.1) is 11.8 Å². The molecule has 0 aliphatic carbocycles. The number of carboxylic acids is 1. The van der Waals surface area contributed by atoms with Crippen LogP contribution in [0.2, 0.25) is 5.02 Å². The Morgan fingerprint density at radius 1 is 1.04 bits per heavy atom. The van der Waals surface area contributed by atoms with E-state index in [4.69, 9.17) is 16.7 Å². The van der Waals surface area contributed by atoms with Gasteiger partial charge in [0.05, 0.1) is 5.56 Å². The summed E-state index contributed by atoms with van der Waals surface area (Å²) in [4.78, 5) is 12.0. The molecule has 0 unspecified atom stereocenters. The summed E-state index contributed by atoms with van der Waals surface area (Å²) in [6, 6.07) is 15.0. The minimum atomic E-state index is -0.856. The van der Waals surface area contributed by atoms with Gasteiger partial charge in [0, 0.05) is 9.92 Å². The van der Waals surface area contributed by atoms with Crippen molar-refractivity contribution in [3.63, 3.8) is 0 Å². The quantitative estimate of drug-likeness (QED) is 0.415. The summed E-state index contributed by atoms with van der Waals surface area (Å²) in [6.07, 6.45) is 8.75. The second kappa shape index (κ2) is 10.2. The lowest BCUT2D eigenvalue weighted by Crippen LogP contribution is -1.98. The number of rotatable bonds is 9. The highest BCUT2D eigenvalue weighted by molar-refractivity contribution is 7.99. The molecule has 0 saturated heterocycles. The van der Waals surface area contributed by atoms with Crippen LogP contribution in [0.5, 0.6) is 0 Å². The number of thioether (sulfide) groups is 1. The van der Waals surface area contributed by atoms with E-state index in [1.165, 1.54) is 5.56 Å². The van der Waals surface area contributed by atoms with Gasteiger partial charge in [0.15, 0.2) is 0 Å². The average molecular weight is 361 g/mol. The van der Waals surface area contributed by atoms with Crippen molar-refractivity contribution in [2.75, 3.05) is 5.75 Å². The lowest BCUT2D eigenvalue weighted by molar-refractivity contribution is 0.0693. The SMILES string of the molecule is O=C(O)c1ccccc1SCCCCCC=Cc1ccc(Cl)cc1. The molecule has 0 atom stereocenters. The first-order valence-corrected chi connectivity index (χ1v) is 9.40. The van der Waals surface area contributed by atoms with Crippen molar-refractivity contribution in [3.05, 3.63) is 70.8 Å². The molecule has 24 heavy (non-hydrogen) atoms. The molecule has 0 amide bonds. The molecular formula is C20H21ClO2S. The largest absolute Gasteiger partial charge is 0.478 e. The van der Waals surface area contributed by atoms with Gasteiger partial charge in [-0.2, -0.15) is 0 Å². The molecule has 126 valence electrons. The number of carboxylic acid groups (broad SMARTS) is 1. The van der Waals surface area contributed by atoms with Crippen LogP contribution in [0, 0.1) is 0 Å². The van der Waals surface area contributed by atoms with E-state index in [1.807, 2.05) is 36.4 Å². The van der Waals surface area contributed by atoms with Gasteiger partial charge in [-0.05, 0) is 54.8 Å². The van der Waals surface area contributed by atoms with Crippen LogP contribution < -0.4 is 0 Å². The van der Waals surface area contributed by atoms with Crippen LogP contribution >= 0.6 is 23.4 Å². The van der Waals surface area contributed by atoms with Gasteiger partial charge in [0.2, 0.25) is 0 Å². The van der Waals surface area contributed by atoms with E-state index in [2.05, 4.69) is 12.2 Å². The zero-order chi connectivity index (χ0) is 17.2. The standard InChI is InChI=1S/C20H21ClO2S/c21-17-13-11-16(12-14-17)8-4-2-1-3-7-15-24-19-10-6-5-9-18(19)20(22)23/h4-6,8-14H,1-3,7,15H2,(H,22,23). The number of allylic oxidation sites excluding steroid dienone is 1. The Hall–Kier alpha value is -1.71. The van der Waals surface area contributed by atoms with Crippen LogP contribution in [0.3, 0.4) is 0 Å². The van der Waals surface area contributed by atoms with Gasteiger partial charge in [0.1, 0.15) is 0 Å². The van der Waals surface area contributed by atoms with Gasteiger partial charge in [-0.25, -0.2) is 4.79 Å². The van der Waals surface area contributed by atoms with Crippen molar-refractivity contribution in [3.8, 4) is 0 Å². The number of carbonyl (C=O) groups is 1. The summed E-state index contributed by atoms with van der Waals surface area (Å²) < 4.78 is 0. The topological polar surface area (TPSA) is 37.3 Å². The molecule has 0 aliphatic rings. The number of hydrogen-bond acceptors (Lipinski definition) is 2. The molecule has 4 heteroatoms. The molecule has 0 radical (unpaired) electrons. The molecule has 0 fully saturated rings. The number of hydrogen-bond donors (Lipinski definition) is 1. The smallest absolute Gasteiger partial charge is 0.336 e. The molecule has 0 spiro atoms. The molecule has 0 saturated carbocycles. The van der Waals surface area contributed by atoms with E-state index in [9.17, 15) is 4.79 Å². The third-order valence-electron chi connectivity index (χ3n) is 3.57. The second-order valence-electron chi connectivity index (χ2n) is 5.45. The Bertz CT molecular complexity index is 680. The van der Waals surface area contributed by atoms with Crippen LogP contribution in [0.4, 0.5) is 0 Å². The van der Waals surface area contributed by atoms with Crippen LogP contribution in [0.15, 0.2) is 59.5 Å². The number of aromatic carboxylic acids is 1. The predicted octanol–water partition coefficient (Wildman–Crippen LogP) is 6.40. The summed E-state index contributed by atoms with van der Waals surface area (Å²) in [5.74, 6) is 0.0935. The third kappa shape index (κ3) is 6.42. The van der Waals surface area contributed by atoms with E-state index >= 15 is 0 Å². The van der Waals surface area contributed by atoms with E-state index in [0.717, 1.165) is 41.4 Å². The highest BCUT2D eigenvalue weighted by Crippen LogP contribution is 2.24. The van der Waals surface area contributed by atoms with E-state index < -0.39 is 5.97 Å². The number of benzene rings is 2. The van der Waals surface area contributed by atoms with Gasteiger partial charge in [-0.1, -0.05) is 54.4 Å². The van der Waals surface area contributed by atoms with Gasteiger partial charge in [-0.3, -0.25) is 0 Å². The molecule has 2 aromatic carbocycles. The van der Waals surface area contributed by atoms with Crippen molar-refractivity contribution < 1.29 is 9.90 Å². The minimum Gasteiger partial charge on any atom is -0.478 e. The molecule has 0 aliphatic heterocycles. The van der Waals surface area contributed by atoms with Crippen molar-refractivity contribution in [2.45, 2.75) is 30.6 Å². The molecule has 0 aromatic heterocycles. The number of halogens is 1. The van der Waals surface area contributed by atoms with Crippen LogP contribution in [-0.4, -0.2) is 16.8 Å². The summed E-state index contributed by atoms with van der Waals surface area (Å²) in [5, 5.41) is 9.90. The van der Waals surface area contributed by atoms with E-state index in [1.54, 1.807) is 23.9 Å². The molecule has 2 rings (SSSR count). The van der Waals surface area contributed by atoms with Crippen molar-refractivity contribution in [1.29, 1.82) is 0 Å². The normalized spacial score (nSPS) is 11.0. The van der Waals surface area contributed by atoms with Gasteiger partial charge < -0.3 is 5.11 Å². The molecule has 2 aromatic rings. The Morgan fingerprint density at radius 3 is 2.54 bits per heavy atom. The lowest BCUT2D eigenvalue weighted by atomic mass is 10.1. The monoisotopic (exact) mass is 360 g/mol. The van der Waals surface area contributed by atoms with Crippen molar-refractivity contribution >= 4 is 35.4 Å². The Labute approximate surface area is 152 Å². The summed E-state index contributed by atoms with van der Waals surface area (Å²) in [7, 11) is 0. The maximum Gasteiger partial charge on any atom is 0.336 e. The lowest BCUT2D eigenvalue weighted by Gasteiger charge is -2.05.